The number of hydrogen-bond donors (Lipinski definition) is 2. The van der Waals surface area contributed by atoms with Gasteiger partial charge < -0.3 is 10.6 Å². The quantitative estimate of drug-likeness (QED) is 0.698. The van der Waals surface area contributed by atoms with Crippen LogP contribution in [0.4, 0.5) is 23.1 Å². The predicted molar refractivity (Wildman–Crippen MR) is 94.0 cm³/mol. The van der Waals surface area contributed by atoms with E-state index >= 15 is 0 Å². The van der Waals surface area contributed by atoms with E-state index in [0.717, 1.165) is 16.9 Å². The van der Waals surface area contributed by atoms with Crippen LogP contribution in [0.5, 0.6) is 0 Å². The smallest absolute Gasteiger partial charge is 0.249 e. The number of para-hydroxylation sites is 1. The summed E-state index contributed by atoms with van der Waals surface area (Å²) in [5, 5.41) is 15.4. The van der Waals surface area contributed by atoms with Gasteiger partial charge in [-0.15, -0.1) is 5.10 Å². The fourth-order valence-corrected chi connectivity index (χ4v) is 2.28. The maximum Gasteiger partial charge on any atom is 0.249 e. The minimum Gasteiger partial charge on any atom is -0.338 e. The van der Waals surface area contributed by atoms with Crippen LogP contribution in [-0.4, -0.2) is 15.2 Å². The van der Waals surface area contributed by atoms with Gasteiger partial charge in [-0.05, 0) is 36.8 Å². The Balaban J connectivity index is 1.79. The van der Waals surface area contributed by atoms with Gasteiger partial charge in [0.1, 0.15) is 0 Å². The molecule has 0 spiro atoms. The van der Waals surface area contributed by atoms with Crippen LogP contribution in [0.3, 0.4) is 0 Å². The number of anilines is 4. The molecule has 23 heavy (non-hydrogen) atoms. The van der Waals surface area contributed by atoms with E-state index < -0.39 is 0 Å². The summed E-state index contributed by atoms with van der Waals surface area (Å²) in [6.45, 7) is 1.94. The molecule has 0 saturated carbocycles. The second-order valence-corrected chi connectivity index (χ2v) is 5.67. The summed E-state index contributed by atoms with van der Waals surface area (Å²) in [7, 11) is 0. The van der Waals surface area contributed by atoms with E-state index in [1.165, 1.54) is 6.20 Å². The van der Waals surface area contributed by atoms with Gasteiger partial charge in [0, 0.05) is 10.7 Å². The van der Waals surface area contributed by atoms with E-state index in [0.29, 0.717) is 21.8 Å². The fourth-order valence-electron chi connectivity index (χ4n) is 1.92. The van der Waals surface area contributed by atoms with Crippen LogP contribution in [-0.2, 0) is 0 Å². The van der Waals surface area contributed by atoms with Gasteiger partial charge in [0.15, 0.2) is 5.82 Å². The first kappa shape index (κ1) is 15.5. The molecule has 3 rings (SSSR count). The number of nitrogens with zero attached hydrogens (tertiary/aromatic N) is 3. The molecule has 1 aromatic heterocycles. The van der Waals surface area contributed by atoms with Crippen molar-refractivity contribution in [2.24, 2.45) is 0 Å². The zero-order valence-corrected chi connectivity index (χ0v) is 13.7. The summed E-state index contributed by atoms with van der Waals surface area (Å²) in [5.74, 6) is 0.899. The number of rotatable bonds is 4. The summed E-state index contributed by atoms with van der Waals surface area (Å²) >= 11 is 12.2. The van der Waals surface area contributed by atoms with Crippen LogP contribution in [0.2, 0.25) is 10.0 Å². The van der Waals surface area contributed by atoms with Crippen molar-refractivity contribution in [2.45, 2.75) is 6.92 Å². The molecule has 0 amide bonds. The Morgan fingerprint density at radius 3 is 2.57 bits per heavy atom. The number of aromatic nitrogens is 3. The summed E-state index contributed by atoms with van der Waals surface area (Å²) in [6.07, 6.45) is 1.52. The van der Waals surface area contributed by atoms with E-state index in [-0.39, 0.29) is 0 Å². The third-order valence-electron chi connectivity index (χ3n) is 3.12. The standard InChI is InChI=1S/C16H13Cl2N5/c1-10-6-7-11(8-13(10)18)20-16-22-15(9-19-23-16)21-14-5-3-2-4-12(14)17/h2-9H,1H3,(H2,20,21,22,23). The normalized spacial score (nSPS) is 10.4. The molecule has 116 valence electrons. The molecule has 0 aliphatic carbocycles. The molecule has 7 heteroatoms. The zero-order chi connectivity index (χ0) is 16.2. The lowest BCUT2D eigenvalue weighted by Gasteiger charge is -2.09. The third-order valence-corrected chi connectivity index (χ3v) is 3.86. The third kappa shape index (κ3) is 3.88. The van der Waals surface area contributed by atoms with Crippen LogP contribution >= 0.6 is 23.2 Å². The van der Waals surface area contributed by atoms with Crippen molar-refractivity contribution in [1.82, 2.24) is 15.2 Å². The van der Waals surface area contributed by atoms with E-state index in [1.807, 2.05) is 43.3 Å². The lowest BCUT2D eigenvalue weighted by Crippen LogP contribution is -2.02. The predicted octanol–water partition coefficient (Wildman–Crippen LogP) is 4.97. The number of hydrogen-bond acceptors (Lipinski definition) is 5. The summed E-state index contributed by atoms with van der Waals surface area (Å²) < 4.78 is 0. The highest BCUT2D eigenvalue weighted by Crippen LogP contribution is 2.25. The molecule has 3 aromatic rings. The largest absolute Gasteiger partial charge is 0.338 e. The van der Waals surface area contributed by atoms with Gasteiger partial charge in [-0.1, -0.05) is 41.4 Å². The molecule has 0 unspecified atom stereocenters. The fraction of sp³-hybridized carbons (Fsp3) is 0.0625. The van der Waals surface area contributed by atoms with Gasteiger partial charge in [0.25, 0.3) is 0 Å². The first-order valence-electron chi connectivity index (χ1n) is 6.86. The van der Waals surface area contributed by atoms with Gasteiger partial charge in [0.05, 0.1) is 16.9 Å². The highest BCUT2D eigenvalue weighted by molar-refractivity contribution is 6.33. The van der Waals surface area contributed by atoms with E-state index in [9.17, 15) is 0 Å². The molecule has 0 bridgehead atoms. The van der Waals surface area contributed by atoms with Crippen molar-refractivity contribution < 1.29 is 0 Å². The molecule has 2 N–H and O–H groups in total. The van der Waals surface area contributed by atoms with Crippen molar-refractivity contribution in [2.75, 3.05) is 10.6 Å². The number of nitrogens with one attached hydrogen (secondary N) is 2. The molecule has 5 nitrogen and oxygen atoms in total. The molecule has 0 aliphatic heterocycles. The second-order valence-electron chi connectivity index (χ2n) is 4.86. The molecule has 0 saturated heterocycles. The SMILES string of the molecule is Cc1ccc(Nc2nncc(Nc3ccccc3Cl)n2)cc1Cl. The van der Waals surface area contributed by atoms with Crippen molar-refractivity contribution in [1.29, 1.82) is 0 Å². The average Bonchev–Trinajstić information content (AvgIpc) is 2.54. The lowest BCUT2D eigenvalue weighted by molar-refractivity contribution is 0.982. The number of halogens is 2. The highest BCUT2D eigenvalue weighted by atomic mass is 35.5. The van der Waals surface area contributed by atoms with Gasteiger partial charge >= 0.3 is 0 Å². The maximum atomic E-state index is 6.12. The van der Waals surface area contributed by atoms with Gasteiger partial charge in [0.2, 0.25) is 5.95 Å². The molecule has 2 aromatic carbocycles. The summed E-state index contributed by atoms with van der Waals surface area (Å²) in [4.78, 5) is 4.36. The van der Waals surface area contributed by atoms with E-state index in [1.54, 1.807) is 6.07 Å². The molecule has 1 heterocycles. The highest BCUT2D eigenvalue weighted by Gasteiger charge is 2.05. The van der Waals surface area contributed by atoms with E-state index in [4.69, 9.17) is 23.2 Å². The van der Waals surface area contributed by atoms with Crippen LogP contribution in [0.15, 0.2) is 48.7 Å². The Hall–Kier alpha value is -2.37. The molecular weight excluding hydrogens is 333 g/mol. The maximum absolute atomic E-state index is 6.12. The minimum absolute atomic E-state index is 0.363. The molecule has 0 atom stereocenters. The Labute approximate surface area is 143 Å². The van der Waals surface area contributed by atoms with Crippen molar-refractivity contribution in [3.8, 4) is 0 Å². The van der Waals surface area contributed by atoms with Crippen molar-refractivity contribution in [3.63, 3.8) is 0 Å². The first-order valence-corrected chi connectivity index (χ1v) is 7.62. The number of aryl methyl sites for hydroxylation is 1. The van der Waals surface area contributed by atoms with Gasteiger partial charge in [-0.25, -0.2) is 0 Å². The van der Waals surface area contributed by atoms with Gasteiger partial charge in [-0.3, -0.25) is 0 Å². The Bertz CT molecular complexity index is 838. The number of benzene rings is 2. The topological polar surface area (TPSA) is 62.7 Å². The van der Waals surface area contributed by atoms with Crippen LogP contribution in [0, 0.1) is 6.92 Å². The molecule has 0 fully saturated rings. The van der Waals surface area contributed by atoms with Crippen LogP contribution < -0.4 is 10.6 Å². The zero-order valence-electron chi connectivity index (χ0n) is 12.2. The van der Waals surface area contributed by atoms with Crippen LogP contribution in [0.1, 0.15) is 5.56 Å². The first-order chi connectivity index (χ1) is 11.1. The Morgan fingerprint density at radius 2 is 1.78 bits per heavy atom. The molecular formula is C16H13Cl2N5. The molecule has 0 aliphatic rings. The average molecular weight is 346 g/mol. The monoisotopic (exact) mass is 345 g/mol. The summed E-state index contributed by atoms with van der Waals surface area (Å²) in [5.41, 5.74) is 2.54. The van der Waals surface area contributed by atoms with Crippen molar-refractivity contribution >= 4 is 46.3 Å². The van der Waals surface area contributed by atoms with Gasteiger partial charge in [-0.2, -0.15) is 10.1 Å². The van der Waals surface area contributed by atoms with E-state index in [2.05, 4.69) is 25.8 Å². The minimum atomic E-state index is 0.363. The van der Waals surface area contributed by atoms with Crippen LogP contribution in [0.25, 0.3) is 0 Å². The molecule has 0 radical (unpaired) electrons. The Kier molecular flexibility index (Phi) is 4.60. The Morgan fingerprint density at radius 1 is 0.957 bits per heavy atom. The second kappa shape index (κ2) is 6.81. The van der Waals surface area contributed by atoms with Crippen molar-refractivity contribution in [3.05, 3.63) is 64.3 Å². The lowest BCUT2D eigenvalue weighted by atomic mass is 10.2. The summed E-state index contributed by atoms with van der Waals surface area (Å²) in [6, 6.07) is 13.0.